The van der Waals surface area contributed by atoms with E-state index in [9.17, 15) is 0 Å². The average molecular weight is 350 g/mol. The lowest BCUT2D eigenvalue weighted by Gasteiger charge is -2.27. The molecule has 5 nitrogen and oxygen atoms in total. The van der Waals surface area contributed by atoms with Crippen LogP contribution in [0.4, 0.5) is 0 Å². The third kappa shape index (κ3) is 4.45. The lowest BCUT2D eigenvalue weighted by Crippen LogP contribution is -2.38. The number of ether oxygens (including phenoxy) is 2. The zero-order valence-electron chi connectivity index (χ0n) is 14.8. The third-order valence-corrected chi connectivity index (χ3v) is 5.56. The Morgan fingerprint density at radius 1 is 1.33 bits per heavy atom. The van der Waals surface area contributed by atoms with Crippen molar-refractivity contribution in [3.05, 3.63) is 39.8 Å². The van der Waals surface area contributed by atoms with Crippen molar-refractivity contribution in [2.75, 3.05) is 26.9 Å². The SMILES string of the molecule is COCCO[C@H]1CCN(Cc2ccc(C)s2)[C@H]1Cc1cnn(C)c1. The van der Waals surface area contributed by atoms with Crippen LogP contribution >= 0.6 is 11.3 Å². The van der Waals surface area contributed by atoms with Crippen LogP contribution in [-0.2, 0) is 29.5 Å². The Morgan fingerprint density at radius 2 is 2.21 bits per heavy atom. The molecule has 0 amide bonds. The van der Waals surface area contributed by atoms with Crippen molar-refractivity contribution in [3.8, 4) is 0 Å². The Balaban J connectivity index is 1.68. The van der Waals surface area contributed by atoms with Gasteiger partial charge >= 0.3 is 0 Å². The van der Waals surface area contributed by atoms with Crippen LogP contribution in [0.2, 0.25) is 0 Å². The zero-order chi connectivity index (χ0) is 16.9. The third-order valence-electron chi connectivity index (χ3n) is 4.58. The van der Waals surface area contributed by atoms with E-state index in [1.807, 2.05) is 29.3 Å². The molecular formula is C18H27N3O2S. The summed E-state index contributed by atoms with van der Waals surface area (Å²) >= 11 is 1.89. The van der Waals surface area contributed by atoms with Crippen molar-refractivity contribution in [1.29, 1.82) is 0 Å². The highest BCUT2D eigenvalue weighted by atomic mass is 32.1. The molecule has 1 fully saturated rings. The summed E-state index contributed by atoms with van der Waals surface area (Å²) in [7, 11) is 3.69. The number of aromatic nitrogens is 2. The number of likely N-dealkylation sites (tertiary alicyclic amines) is 1. The minimum Gasteiger partial charge on any atom is -0.382 e. The molecular weight excluding hydrogens is 322 g/mol. The molecule has 3 heterocycles. The van der Waals surface area contributed by atoms with Gasteiger partial charge in [0.15, 0.2) is 0 Å². The van der Waals surface area contributed by atoms with E-state index in [4.69, 9.17) is 9.47 Å². The van der Waals surface area contributed by atoms with Gasteiger partial charge in [-0.1, -0.05) is 0 Å². The van der Waals surface area contributed by atoms with Gasteiger partial charge in [-0.3, -0.25) is 9.58 Å². The predicted molar refractivity (Wildman–Crippen MR) is 96.4 cm³/mol. The van der Waals surface area contributed by atoms with Gasteiger partial charge in [-0.25, -0.2) is 0 Å². The first-order chi connectivity index (χ1) is 11.7. The molecule has 2 aromatic heterocycles. The number of nitrogens with zero attached hydrogens (tertiary/aromatic N) is 3. The smallest absolute Gasteiger partial charge is 0.0746 e. The lowest BCUT2D eigenvalue weighted by molar-refractivity contribution is -0.00121. The van der Waals surface area contributed by atoms with E-state index in [2.05, 4.69) is 35.3 Å². The second kappa shape index (κ2) is 8.25. The van der Waals surface area contributed by atoms with E-state index in [0.717, 1.165) is 25.9 Å². The van der Waals surface area contributed by atoms with Crippen molar-refractivity contribution in [3.63, 3.8) is 0 Å². The van der Waals surface area contributed by atoms with Crippen LogP contribution in [0.1, 0.15) is 21.7 Å². The summed E-state index contributed by atoms with van der Waals surface area (Å²) in [6.07, 6.45) is 6.41. The van der Waals surface area contributed by atoms with E-state index < -0.39 is 0 Å². The van der Waals surface area contributed by atoms with Crippen LogP contribution in [0.25, 0.3) is 0 Å². The molecule has 0 bridgehead atoms. The van der Waals surface area contributed by atoms with Crippen molar-refractivity contribution in [2.24, 2.45) is 7.05 Å². The van der Waals surface area contributed by atoms with Gasteiger partial charge in [0.25, 0.3) is 0 Å². The van der Waals surface area contributed by atoms with Gasteiger partial charge < -0.3 is 9.47 Å². The minimum atomic E-state index is 0.265. The molecule has 1 saturated heterocycles. The molecule has 0 radical (unpaired) electrons. The molecule has 0 N–H and O–H groups in total. The number of thiophene rings is 1. The molecule has 0 saturated carbocycles. The van der Waals surface area contributed by atoms with Gasteiger partial charge in [0, 0.05) is 49.2 Å². The van der Waals surface area contributed by atoms with Crippen LogP contribution in [-0.4, -0.2) is 53.7 Å². The van der Waals surface area contributed by atoms with Gasteiger partial charge in [0.05, 0.1) is 25.5 Å². The molecule has 2 atom stereocenters. The number of hydrogen-bond acceptors (Lipinski definition) is 5. The van der Waals surface area contributed by atoms with Crippen LogP contribution in [0.5, 0.6) is 0 Å². The standard InChI is InChI=1S/C18H27N3O2S/c1-14-4-5-16(24-14)13-21-7-6-18(23-9-8-22-3)17(21)10-15-11-19-20(2)12-15/h4-5,11-12,17-18H,6-10,13H2,1-3H3/t17-,18-/m0/s1. The van der Waals surface area contributed by atoms with E-state index in [0.29, 0.717) is 19.3 Å². The molecule has 3 rings (SSSR count). The summed E-state index contributed by atoms with van der Waals surface area (Å²) < 4.78 is 13.1. The van der Waals surface area contributed by atoms with E-state index in [1.165, 1.54) is 15.3 Å². The van der Waals surface area contributed by atoms with Gasteiger partial charge in [-0.05, 0) is 37.5 Å². The first-order valence-corrected chi connectivity index (χ1v) is 9.35. The van der Waals surface area contributed by atoms with Gasteiger partial charge in [-0.2, -0.15) is 5.10 Å². The summed E-state index contributed by atoms with van der Waals surface area (Å²) in [4.78, 5) is 5.37. The quantitative estimate of drug-likeness (QED) is 0.687. The van der Waals surface area contributed by atoms with E-state index in [1.54, 1.807) is 7.11 Å². The van der Waals surface area contributed by atoms with Gasteiger partial charge in [0.1, 0.15) is 0 Å². The predicted octanol–water partition coefficient (Wildman–Crippen LogP) is 2.64. The largest absolute Gasteiger partial charge is 0.382 e. The molecule has 0 aliphatic carbocycles. The minimum absolute atomic E-state index is 0.265. The topological polar surface area (TPSA) is 39.5 Å². The first kappa shape index (κ1) is 17.6. The first-order valence-electron chi connectivity index (χ1n) is 8.53. The highest BCUT2D eigenvalue weighted by Crippen LogP contribution is 2.28. The van der Waals surface area contributed by atoms with Gasteiger partial charge in [-0.15, -0.1) is 11.3 Å². The number of rotatable bonds is 8. The van der Waals surface area contributed by atoms with Gasteiger partial charge in [0.2, 0.25) is 0 Å². The maximum Gasteiger partial charge on any atom is 0.0746 e. The summed E-state index contributed by atoms with van der Waals surface area (Å²) in [6.45, 7) is 5.58. The van der Waals surface area contributed by atoms with E-state index in [-0.39, 0.29) is 6.10 Å². The number of aryl methyl sites for hydroxylation is 2. The number of hydrogen-bond donors (Lipinski definition) is 0. The molecule has 0 unspecified atom stereocenters. The summed E-state index contributed by atoms with van der Waals surface area (Å²) in [6, 6.07) is 4.85. The summed E-state index contributed by atoms with van der Waals surface area (Å²) in [5.41, 5.74) is 1.28. The molecule has 24 heavy (non-hydrogen) atoms. The molecule has 0 spiro atoms. The van der Waals surface area contributed by atoms with Crippen LogP contribution < -0.4 is 0 Å². The average Bonchev–Trinajstić information content (AvgIpc) is 3.24. The van der Waals surface area contributed by atoms with Crippen molar-refractivity contribution in [2.45, 2.75) is 38.5 Å². The van der Waals surface area contributed by atoms with Crippen LogP contribution in [0, 0.1) is 6.92 Å². The highest BCUT2D eigenvalue weighted by molar-refractivity contribution is 7.11. The lowest BCUT2D eigenvalue weighted by atomic mass is 10.0. The Bertz CT molecular complexity index is 640. The van der Waals surface area contributed by atoms with Crippen LogP contribution in [0.15, 0.2) is 24.5 Å². The molecule has 2 aromatic rings. The fourth-order valence-electron chi connectivity index (χ4n) is 3.41. The zero-order valence-corrected chi connectivity index (χ0v) is 15.6. The summed E-state index contributed by atoms with van der Waals surface area (Å²) in [5.74, 6) is 0. The molecule has 132 valence electrons. The maximum atomic E-state index is 6.12. The Hall–Kier alpha value is -1.21. The second-order valence-corrected chi connectivity index (χ2v) is 7.84. The molecule has 1 aliphatic heterocycles. The monoisotopic (exact) mass is 349 g/mol. The Kier molecular flexibility index (Phi) is 6.05. The molecule has 0 aromatic carbocycles. The number of methoxy groups -OCH3 is 1. The molecule has 6 heteroatoms. The van der Waals surface area contributed by atoms with Crippen molar-refractivity contribution < 1.29 is 9.47 Å². The Labute approximate surface area is 148 Å². The Morgan fingerprint density at radius 3 is 2.88 bits per heavy atom. The van der Waals surface area contributed by atoms with Crippen molar-refractivity contribution >= 4 is 11.3 Å². The maximum absolute atomic E-state index is 6.12. The fraction of sp³-hybridized carbons (Fsp3) is 0.611. The van der Waals surface area contributed by atoms with E-state index >= 15 is 0 Å². The van der Waals surface area contributed by atoms with Crippen molar-refractivity contribution in [1.82, 2.24) is 14.7 Å². The molecule has 1 aliphatic rings. The second-order valence-electron chi connectivity index (χ2n) is 6.47. The highest BCUT2D eigenvalue weighted by Gasteiger charge is 2.35. The summed E-state index contributed by atoms with van der Waals surface area (Å²) in [5, 5.41) is 4.31. The fourth-order valence-corrected chi connectivity index (χ4v) is 4.33. The van der Waals surface area contributed by atoms with Crippen LogP contribution in [0.3, 0.4) is 0 Å². The normalized spacial score (nSPS) is 21.6.